The van der Waals surface area contributed by atoms with Gasteiger partial charge in [-0.05, 0) is 131 Å². The van der Waals surface area contributed by atoms with Crippen LogP contribution in [-0.2, 0) is 118 Å². The Hall–Kier alpha value is -10.8. The fourth-order valence-electron chi connectivity index (χ4n) is 15.5. The van der Waals surface area contributed by atoms with Crippen LogP contribution in [0.1, 0.15) is 209 Å². The van der Waals surface area contributed by atoms with Gasteiger partial charge in [0.25, 0.3) is 11.8 Å². The number of carbonyl (C=O) groups is 15. The Morgan fingerprint density at radius 2 is 0.707 bits per heavy atom. The van der Waals surface area contributed by atoms with Crippen LogP contribution in [0.4, 0.5) is 21.0 Å². The van der Waals surface area contributed by atoms with Crippen LogP contribution in [0.3, 0.4) is 0 Å². The molecule has 11 rings (SSSR count). The fraction of sp³-hybridized carbons (Fsp3) is 0.637. The van der Waals surface area contributed by atoms with Crippen molar-refractivity contribution in [2.45, 2.75) is 299 Å². The third-order valence-corrected chi connectivity index (χ3v) is 23.8. The predicted octanol–water partition coefficient (Wildman–Crippen LogP) is 4.94. The van der Waals surface area contributed by atoms with Crippen LogP contribution in [-0.4, -0.2) is 264 Å². The maximum absolute atomic E-state index is 13.6. The predicted molar refractivity (Wildman–Crippen MR) is 482 cm³/mol. The number of carboxylic acid groups (broad SMARTS) is 1. The number of carbonyl (C=O) groups excluding carboxylic acids is 14. The van der Waals surface area contributed by atoms with Crippen LogP contribution >= 0.6 is 23.2 Å². The number of quaternary nitrogens is 2. The lowest BCUT2D eigenvalue weighted by molar-refractivity contribution is -0.428. The minimum Gasteiger partial charge on any atom is -0.478 e. The number of halogens is 2. The quantitative estimate of drug-likeness (QED) is 0.0273. The van der Waals surface area contributed by atoms with E-state index >= 15 is 0 Å². The number of hydrogen-bond donors (Lipinski definition) is 11. The minimum absolute atomic E-state index is 0.00565. The number of aromatic carboxylic acids is 1. The molecule has 8 fully saturated rings. The number of nitrogens with zero attached hydrogens (tertiary/aromatic N) is 4. The van der Waals surface area contributed by atoms with Gasteiger partial charge in [0.2, 0.25) is 60.6 Å². The summed E-state index contributed by atoms with van der Waals surface area (Å²) in [5.41, 5.74) is 19.6. The maximum atomic E-state index is 13.6. The molecule has 3 aromatic carbocycles. The van der Waals surface area contributed by atoms with Gasteiger partial charge in [0.15, 0.2) is 12.1 Å². The first-order valence-corrected chi connectivity index (χ1v) is 45.7. The van der Waals surface area contributed by atoms with E-state index in [1.807, 2.05) is 113 Å². The number of amides is 10. The number of hydrogen-bond acceptors (Lipinski definition) is 27. The van der Waals surface area contributed by atoms with Gasteiger partial charge in [-0.3, -0.25) is 57.5 Å². The Morgan fingerprint density at radius 3 is 0.977 bits per heavy atom. The highest BCUT2D eigenvalue weighted by Gasteiger charge is 2.50. The molecule has 0 radical (unpaired) electrons. The van der Waals surface area contributed by atoms with Gasteiger partial charge in [0.05, 0.1) is 52.7 Å². The Bertz CT molecular complexity index is 4470. The fourth-order valence-corrected chi connectivity index (χ4v) is 15.9. The second kappa shape index (κ2) is 49.5. The first-order chi connectivity index (χ1) is 62.4. The third kappa shape index (κ3) is 31.7. The number of nitrogen functional groups attached to an aromatic ring is 2. The summed E-state index contributed by atoms with van der Waals surface area (Å²) in [7, 11) is 0. The normalized spacial score (nSPS) is 23.5. The van der Waals surface area contributed by atoms with E-state index < -0.39 is 162 Å². The zero-order valence-electron chi connectivity index (χ0n) is 78.9. The van der Waals surface area contributed by atoms with Crippen LogP contribution in [0.15, 0.2) is 66.7 Å². The molecule has 0 spiro atoms. The molecule has 738 valence electrons. The molecular formula is C91H136Cl2N14O26+2. The Morgan fingerprint density at radius 1 is 0.421 bits per heavy atom. The number of esters is 4. The molecule has 0 bridgehead atoms. The van der Waals surface area contributed by atoms with Crippen LogP contribution in [0.25, 0.3) is 0 Å². The van der Waals surface area contributed by atoms with Crippen molar-refractivity contribution in [3.05, 3.63) is 93.5 Å². The lowest BCUT2D eigenvalue weighted by atomic mass is 9.85. The van der Waals surface area contributed by atoms with Gasteiger partial charge < -0.3 is 127 Å². The number of cyclic esters (lactones) is 4. The summed E-state index contributed by atoms with van der Waals surface area (Å²) in [6.45, 7) is 33.1. The van der Waals surface area contributed by atoms with E-state index in [4.69, 9.17) is 87.1 Å². The maximum Gasteiger partial charge on any atom is 0.408 e. The summed E-state index contributed by atoms with van der Waals surface area (Å²) >= 11 is 11.6. The van der Waals surface area contributed by atoms with E-state index in [1.54, 1.807) is 55.7 Å². The number of carboxylic acids is 1. The lowest BCUT2D eigenvalue weighted by Crippen LogP contribution is -2.73. The average Bonchev–Trinajstić information content (AvgIpc) is 1.72. The molecule has 8 heterocycles. The van der Waals surface area contributed by atoms with Crippen molar-refractivity contribution in [3.63, 3.8) is 0 Å². The van der Waals surface area contributed by atoms with Crippen LogP contribution in [0.2, 0.25) is 10.0 Å². The Kier molecular flexibility index (Phi) is 40.6. The monoisotopic (exact) mass is 1910 g/mol. The smallest absolute Gasteiger partial charge is 0.408 e. The molecule has 10 amide bonds. The number of nitrogens with two attached hydrogens (primary N) is 2. The SMILES string of the molecule is CCO[C@@H]1OC(=O)C[C@@H]1NC(=O)C1CCCN1C(=O)[C@@H]([NH3+])C(C)(C)C.CCO[C@@H]1OC(=O)C[C@@H]1NC(=O)[C@@H]1CCCN1C(=O)[C@@H](NC(=O)OCc1ccc(N)c(Cl)c1)C(C)(C)C.CCO[C@@H]1OC(=O)C[C@@H]1NC(=O)[C@@H]1CCCN1C(=O)[C@@H](NC(=O)OCc1ccccc1)C(C)(C)C.CCO[C@@H]1OC(=O)C[C@@H]1NC(=O)[C@@H]1CCCN1C(=O)[C@@H]([NH3+])C(C)(C)C.Nc1ccc(C(=O)O)cc1Cl. The van der Waals surface area contributed by atoms with Crippen molar-refractivity contribution in [2.24, 2.45) is 21.7 Å². The first-order valence-electron chi connectivity index (χ1n) is 45.0. The summed E-state index contributed by atoms with van der Waals surface area (Å²) < 4.78 is 52.5. The second-order valence-electron chi connectivity index (χ2n) is 37.5. The van der Waals surface area contributed by atoms with Crippen molar-refractivity contribution in [1.82, 2.24) is 51.5 Å². The summed E-state index contributed by atoms with van der Waals surface area (Å²) in [5, 5.41) is 25.7. The summed E-state index contributed by atoms with van der Waals surface area (Å²) in [6.07, 6.45) is 0.425. The lowest BCUT2D eigenvalue weighted by Gasteiger charge is -2.35. The van der Waals surface area contributed by atoms with E-state index in [0.29, 0.717) is 113 Å². The van der Waals surface area contributed by atoms with E-state index in [-0.39, 0.29) is 95.8 Å². The number of nitrogens with one attached hydrogen (secondary N) is 6. The summed E-state index contributed by atoms with van der Waals surface area (Å²) in [4.78, 5) is 192. The number of benzene rings is 3. The molecule has 133 heavy (non-hydrogen) atoms. The van der Waals surface area contributed by atoms with Gasteiger partial charge in [-0.1, -0.05) is 143 Å². The minimum atomic E-state index is -1.01. The number of alkyl carbamates (subject to hydrolysis) is 2. The topological polar surface area (TPSA) is 561 Å². The number of ether oxygens (including phenoxy) is 10. The van der Waals surface area contributed by atoms with Gasteiger partial charge in [-0.15, -0.1) is 0 Å². The van der Waals surface area contributed by atoms with Crippen LogP contribution in [0.5, 0.6) is 0 Å². The largest absolute Gasteiger partial charge is 0.478 e. The molecule has 1 unspecified atom stereocenters. The van der Waals surface area contributed by atoms with Crippen LogP contribution < -0.4 is 54.8 Å². The molecule has 16 atom stereocenters. The number of rotatable bonds is 27. The molecule has 0 aliphatic carbocycles. The van der Waals surface area contributed by atoms with E-state index in [1.165, 1.54) is 28.0 Å². The molecule has 8 aliphatic heterocycles. The van der Waals surface area contributed by atoms with Gasteiger partial charge in [0.1, 0.15) is 73.6 Å². The molecule has 0 saturated carbocycles. The van der Waals surface area contributed by atoms with Gasteiger partial charge in [0, 0.05) is 63.4 Å². The van der Waals surface area contributed by atoms with Crippen molar-refractivity contribution in [2.75, 3.05) is 64.1 Å². The summed E-state index contributed by atoms with van der Waals surface area (Å²) in [5.74, 6) is -4.95. The van der Waals surface area contributed by atoms with Gasteiger partial charge >= 0.3 is 42.0 Å². The third-order valence-electron chi connectivity index (χ3n) is 23.2. The van der Waals surface area contributed by atoms with Crippen LogP contribution in [0, 0.1) is 21.7 Å². The molecular weight excluding hydrogens is 1780 g/mol. The Labute approximate surface area is 785 Å². The van der Waals surface area contributed by atoms with E-state index in [0.717, 1.165) is 18.4 Å². The van der Waals surface area contributed by atoms with Gasteiger partial charge in [-0.25, -0.2) is 14.4 Å². The highest BCUT2D eigenvalue weighted by Crippen LogP contribution is 2.33. The number of likely N-dealkylation sites (tertiary alicyclic amines) is 4. The molecule has 40 nitrogen and oxygen atoms in total. The zero-order chi connectivity index (χ0) is 98.9. The van der Waals surface area contributed by atoms with Gasteiger partial charge in [-0.2, -0.15) is 0 Å². The molecule has 0 aromatic heterocycles. The standard InChI is InChI=1S/C25H35ClN4O7.C25H35N3O7.2C17H29N3O5.C7H6ClNO2/c1-5-35-23-17(12-19(31)37-23)28-21(32)18-7-6-10-30(18)22(33)20(25(2,3)4)29-24(34)36-13-14-8-9-16(27)15(26)11-14;1-5-33-23-17(14-19(29)35-23)26-21(30)18-12-9-13-28(18)22(31)20(25(2,3)4)27-24(32)34-15-16-10-7-6-8-11-16;2*1-5-24-16-10(9-12(21)25-16)19-14(22)11-7-6-8-20(11)15(23)13(18)17(2,3)4;8-5-3-4(7(10)11)1-2-6(5)9/h8-9,11,17-18,20,23H,5-7,10,12-13,27H2,1-4H3,(H,28,32)(H,29,34);6-8,10-11,17-18,20,23H,5,9,12-15H2,1-4H3,(H,26,30)(H,27,32);2*10-11,13,16H,5-9,18H2,1-4H3,(H,19,22);1-3H,9H2,(H,10,11)/p+2/t2*17-,18-,20+,23+;10-,11?,13+,16+;10-,11-,13+,16+;/m0000./s1. The number of anilines is 2. The Balaban J connectivity index is 0.000000236. The second-order valence-corrected chi connectivity index (χ2v) is 38.4. The first kappa shape index (κ1) is 109. The highest BCUT2D eigenvalue weighted by atomic mass is 35.5. The average molecular weight is 1910 g/mol. The van der Waals surface area contributed by atoms with Crippen molar-refractivity contribution >= 4 is 124 Å². The molecule has 8 saturated heterocycles. The molecule has 8 aliphatic rings. The highest BCUT2D eigenvalue weighted by molar-refractivity contribution is 6.33. The molecule has 17 N–H and O–H groups in total. The van der Waals surface area contributed by atoms with E-state index in [9.17, 15) is 71.9 Å². The van der Waals surface area contributed by atoms with Crippen molar-refractivity contribution < 1.29 is 136 Å². The van der Waals surface area contributed by atoms with Crippen molar-refractivity contribution in [1.29, 1.82) is 0 Å². The van der Waals surface area contributed by atoms with E-state index in [2.05, 4.69) is 43.4 Å². The van der Waals surface area contributed by atoms with Crippen molar-refractivity contribution in [3.8, 4) is 0 Å². The molecule has 3 aromatic rings. The molecule has 42 heteroatoms. The zero-order valence-corrected chi connectivity index (χ0v) is 80.4. The summed E-state index contributed by atoms with van der Waals surface area (Å²) in [6, 6.07) is 10.8.